The Morgan fingerprint density at radius 2 is 2.00 bits per heavy atom. The summed E-state index contributed by atoms with van der Waals surface area (Å²) in [5, 5.41) is -0.445. The van der Waals surface area contributed by atoms with Crippen LogP contribution in [0.4, 0.5) is 0 Å². The van der Waals surface area contributed by atoms with E-state index in [-0.39, 0.29) is 40.2 Å². The zero-order valence-corrected chi connectivity index (χ0v) is 14.9. The molecular weight excluding hydrogens is 361 g/mol. The highest BCUT2D eigenvalue weighted by molar-refractivity contribution is 7.92. The summed E-state index contributed by atoms with van der Waals surface area (Å²) in [5.74, 6) is -0.717. The summed E-state index contributed by atoms with van der Waals surface area (Å²) in [6.07, 6.45) is 0.800. The van der Waals surface area contributed by atoms with Gasteiger partial charge in [0.2, 0.25) is 11.8 Å². The molecule has 5 nitrogen and oxygen atoms in total. The van der Waals surface area contributed by atoms with E-state index in [4.69, 9.17) is 23.2 Å². The Morgan fingerprint density at radius 3 is 2.61 bits per heavy atom. The Labute approximate surface area is 145 Å². The van der Waals surface area contributed by atoms with Gasteiger partial charge in [-0.25, -0.2) is 8.42 Å². The fourth-order valence-corrected chi connectivity index (χ4v) is 4.70. The summed E-state index contributed by atoms with van der Waals surface area (Å²) in [6, 6.07) is 4.10. The molecule has 8 heteroatoms. The Hall–Kier alpha value is -1.11. The molecule has 2 rings (SSSR count). The van der Waals surface area contributed by atoms with E-state index in [1.807, 2.05) is 0 Å². The van der Waals surface area contributed by atoms with Crippen LogP contribution in [0, 0.1) is 0 Å². The highest BCUT2D eigenvalue weighted by Crippen LogP contribution is 2.30. The van der Waals surface area contributed by atoms with Gasteiger partial charge in [-0.3, -0.25) is 14.5 Å². The number of imide groups is 1. The second kappa shape index (κ2) is 7.20. The molecule has 1 heterocycles. The largest absolute Gasteiger partial charge is 0.283 e. The van der Waals surface area contributed by atoms with Crippen molar-refractivity contribution < 1.29 is 18.0 Å². The molecule has 1 aromatic carbocycles. The van der Waals surface area contributed by atoms with Crippen molar-refractivity contribution in [3.05, 3.63) is 28.2 Å². The van der Waals surface area contributed by atoms with Crippen molar-refractivity contribution in [2.24, 2.45) is 0 Å². The Kier molecular flexibility index (Phi) is 5.70. The van der Waals surface area contributed by atoms with Gasteiger partial charge in [-0.05, 0) is 31.0 Å². The lowest BCUT2D eigenvalue weighted by Gasteiger charge is -2.18. The third kappa shape index (κ3) is 3.87. The molecule has 1 fully saturated rings. The van der Waals surface area contributed by atoms with E-state index in [1.165, 1.54) is 18.2 Å². The van der Waals surface area contributed by atoms with Gasteiger partial charge >= 0.3 is 0 Å². The van der Waals surface area contributed by atoms with E-state index >= 15 is 0 Å². The summed E-state index contributed by atoms with van der Waals surface area (Å²) < 4.78 is 25.5. The molecule has 23 heavy (non-hydrogen) atoms. The average molecular weight is 378 g/mol. The molecule has 2 amide bonds. The van der Waals surface area contributed by atoms with Crippen molar-refractivity contribution in [1.29, 1.82) is 0 Å². The van der Waals surface area contributed by atoms with Crippen molar-refractivity contribution in [1.82, 2.24) is 4.90 Å². The number of amides is 2. The van der Waals surface area contributed by atoms with Crippen LogP contribution in [0.5, 0.6) is 0 Å². The number of hydrogen-bond acceptors (Lipinski definition) is 4. The number of likely N-dealkylation sites (tertiary alicyclic amines) is 1. The molecule has 1 aliphatic heterocycles. The Bertz CT molecular complexity index is 733. The number of sulfone groups is 1. The highest BCUT2D eigenvalue weighted by atomic mass is 35.5. The second-order valence-corrected chi connectivity index (χ2v) is 8.42. The maximum Gasteiger partial charge on any atom is 0.230 e. The van der Waals surface area contributed by atoms with Crippen molar-refractivity contribution in [3.63, 3.8) is 0 Å². The highest BCUT2D eigenvalue weighted by Gasteiger charge is 2.35. The zero-order chi connectivity index (χ0) is 17.2. The van der Waals surface area contributed by atoms with Gasteiger partial charge in [-0.2, -0.15) is 0 Å². The van der Waals surface area contributed by atoms with Crippen LogP contribution in [0.2, 0.25) is 10.0 Å². The minimum atomic E-state index is -3.72. The first kappa shape index (κ1) is 18.2. The molecule has 0 N–H and O–H groups in total. The van der Waals surface area contributed by atoms with Crippen LogP contribution in [0.15, 0.2) is 23.1 Å². The van der Waals surface area contributed by atoms with Crippen molar-refractivity contribution in [2.45, 2.75) is 42.8 Å². The molecular formula is C15H17Cl2NO4S. The van der Waals surface area contributed by atoms with Crippen LogP contribution in [-0.2, 0) is 19.4 Å². The first-order chi connectivity index (χ1) is 10.8. The van der Waals surface area contributed by atoms with E-state index in [0.29, 0.717) is 12.8 Å². The van der Waals surface area contributed by atoms with Gasteiger partial charge in [0, 0.05) is 19.4 Å². The average Bonchev–Trinajstić information content (AvgIpc) is 2.71. The van der Waals surface area contributed by atoms with Gasteiger partial charge < -0.3 is 0 Å². The smallest absolute Gasteiger partial charge is 0.230 e. The number of benzene rings is 1. The Balaban J connectivity index is 2.28. The molecule has 1 atom stereocenters. The lowest BCUT2D eigenvalue weighted by molar-refractivity contribution is -0.144. The van der Waals surface area contributed by atoms with Crippen LogP contribution in [0.25, 0.3) is 0 Å². The van der Waals surface area contributed by atoms with Crippen molar-refractivity contribution in [3.8, 4) is 0 Å². The summed E-state index contributed by atoms with van der Waals surface area (Å²) >= 11 is 11.7. The SMILES string of the molecule is CCC(=O)N1CCCC(S(=O)(=O)c2ccc(Cl)c(Cl)c2)CC1=O. The van der Waals surface area contributed by atoms with Gasteiger partial charge in [-0.15, -0.1) is 0 Å². The standard InChI is InChI=1S/C15H17Cl2NO4S/c1-2-14(19)18-7-3-4-10(9-15(18)20)23(21,22)11-5-6-12(16)13(17)8-11/h5-6,8,10H,2-4,7,9H2,1H3. The Morgan fingerprint density at radius 1 is 1.30 bits per heavy atom. The molecule has 1 saturated heterocycles. The van der Waals surface area contributed by atoms with Gasteiger partial charge in [-0.1, -0.05) is 30.1 Å². The number of nitrogens with zero attached hydrogens (tertiary/aromatic N) is 1. The van der Waals surface area contributed by atoms with E-state index in [1.54, 1.807) is 6.92 Å². The molecule has 1 aliphatic rings. The minimum absolute atomic E-state index is 0.0416. The van der Waals surface area contributed by atoms with Crippen LogP contribution >= 0.6 is 23.2 Å². The quantitative estimate of drug-likeness (QED) is 0.811. The maximum atomic E-state index is 12.7. The minimum Gasteiger partial charge on any atom is -0.283 e. The van der Waals surface area contributed by atoms with E-state index in [0.717, 1.165) is 4.90 Å². The molecule has 1 unspecified atom stereocenters. The normalized spacial score (nSPS) is 19.5. The lowest BCUT2D eigenvalue weighted by atomic mass is 10.2. The molecule has 0 aromatic heterocycles. The topological polar surface area (TPSA) is 71.5 Å². The number of hydrogen-bond donors (Lipinski definition) is 0. The first-order valence-electron chi connectivity index (χ1n) is 7.29. The lowest BCUT2D eigenvalue weighted by Crippen LogP contribution is -2.37. The van der Waals surface area contributed by atoms with E-state index in [9.17, 15) is 18.0 Å². The third-order valence-corrected chi connectivity index (χ3v) is 6.80. The maximum absolute atomic E-state index is 12.7. The van der Waals surface area contributed by atoms with Crippen molar-refractivity contribution in [2.75, 3.05) is 6.54 Å². The van der Waals surface area contributed by atoms with E-state index in [2.05, 4.69) is 0 Å². The van der Waals surface area contributed by atoms with Gasteiger partial charge in [0.15, 0.2) is 9.84 Å². The molecule has 0 radical (unpaired) electrons. The third-order valence-electron chi connectivity index (χ3n) is 3.87. The number of rotatable bonds is 3. The molecule has 1 aromatic rings. The van der Waals surface area contributed by atoms with Gasteiger partial charge in [0.05, 0.1) is 20.2 Å². The monoisotopic (exact) mass is 377 g/mol. The van der Waals surface area contributed by atoms with Gasteiger partial charge in [0.1, 0.15) is 0 Å². The summed E-state index contributed by atoms with van der Waals surface area (Å²) in [7, 11) is -3.72. The fourth-order valence-electron chi connectivity index (χ4n) is 2.57. The summed E-state index contributed by atoms with van der Waals surface area (Å²) in [5.41, 5.74) is 0. The van der Waals surface area contributed by atoms with Crippen LogP contribution in [0.1, 0.15) is 32.6 Å². The predicted octanol–water partition coefficient (Wildman–Crippen LogP) is 3.08. The summed E-state index contributed by atoms with van der Waals surface area (Å²) in [6.45, 7) is 1.93. The molecule has 0 spiro atoms. The van der Waals surface area contributed by atoms with E-state index < -0.39 is 21.0 Å². The fraction of sp³-hybridized carbons (Fsp3) is 0.467. The molecule has 0 bridgehead atoms. The number of halogens is 2. The van der Waals surface area contributed by atoms with Gasteiger partial charge in [0.25, 0.3) is 0 Å². The van der Waals surface area contributed by atoms with Crippen LogP contribution in [-0.4, -0.2) is 36.9 Å². The van der Waals surface area contributed by atoms with Crippen molar-refractivity contribution >= 4 is 44.9 Å². The number of carbonyl (C=O) groups excluding carboxylic acids is 2. The molecule has 126 valence electrons. The van der Waals surface area contributed by atoms with Crippen LogP contribution in [0.3, 0.4) is 0 Å². The molecule has 0 aliphatic carbocycles. The second-order valence-electron chi connectivity index (χ2n) is 5.38. The number of carbonyl (C=O) groups is 2. The predicted molar refractivity (Wildman–Crippen MR) is 88.3 cm³/mol. The zero-order valence-electron chi connectivity index (χ0n) is 12.6. The van der Waals surface area contributed by atoms with Crippen LogP contribution < -0.4 is 0 Å². The summed E-state index contributed by atoms with van der Waals surface area (Å²) in [4.78, 5) is 25.2. The molecule has 0 saturated carbocycles. The first-order valence-corrected chi connectivity index (χ1v) is 9.59.